The molecule has 0 amide bonds. The van der Waals surface area contributed by atoms with Crippen molar-refractivity contribution in [2.45, 2.75) is 44.9 Å². The maximum absolute atomic E-state index is 12.3. The number of aldehydes is 1. The minimum atomic E-state index is -3.10. The number of hydrogen-bond donors (Lipinski definition) is 0. The van der Waals surface area contributed by atoms with E-state index in [9.17, 15) is 13.2 Å². The lowest BCUT2D eigenvalue weighted by atomic mass is 9.91. The maximum atomic E-state index is 12.3. The zero-order chi connectivity index (χ0) is 13.0. The number of carbonyl (C=O) groups excluding carboxylic acids is 1. The van der Waals surface area contributed by atoms with Gasteiger partial charge in [-0.15, -0.1) is 0 Å². The van der Waals surface area contributed by atoms with Crippen molar-refractivity contribution in [2.75, 3.05) is 18.8 Å². The summed E-state index contributed by atoms with van der Waals surface area (Å²) < 4.78 is 26.2. The minimum absolute atomic E-state index is 0.0612. The molecule has 0 radical (unpaired) electrons. The molecule has 0 aromatic rings. The minimum Gasteiger partial charge on any atom is -0.303 e. The van der Waals surface area contributed by atoms with Gasteiger partial charge in [-0.25, -0.2) is 12.7 Å². The third-order valence-corrected chi connectivity index (χ3v) is 6.30. The van der Waals surface area contributed by atoms with Gasteiger partial charge in [0, 0.05) is 19.0 Å². The van der Waals surface area contributed by atoms with E-state index in [-0.39, 0.29) is 5.92 Å². The standard InChI is InChI=1S/C13H23NO3S/c15-10-12-6-8-14(9-7-12)18(16,17)11-13-4-2-1-3-5-13/h10,12-13H,1-9,11H2. The summed E-state index contributed by atoms with van der Waals surface area (Å²) in [5.74, 6) is 0.734. The van der Waals surface area contributed by atoms with Crippen LogP contribution in [0.3, 0.4) is 0 Å². The molecule has 104 valence electrons. The Bertz CT molecular complexity index is 366. The fourth-order valence-corrected chi connectivity index (χ4v) is 4.95. The third-order valence-electron chi connectivity index (χ3n) is 4.26. The molecule has 1 aliphatic heterocycles. The molecule has 2 fully saturated rings. The highest BCUT2D eigenvalue weighted by Crippen LogP contribution is 2.27. The molecule has 0 N–H and O–H groups in total. The molecular weight excluding hydrogens is 250 g/mol. The predicted molar refractivity (Wildman–Crippen MR) is 70.7 cm³/mol. The van der Waals surface area contributed by atoms with Crippen LogP contribution in [0.25, 0.3) is 0 Å². The first-order chi connectivity index (χ1) is 8.62. The molecule has 18 heavy (non-hydrogen) atoms. The maximum Gasteiger partial charge on any atom is 0.214 e. The Morgan fingerprint density at radius 1 is 1.00 bits per heavy atom. The van der Waals surface area contributed by atoms with Gasteiger partial charge in [0.05, 0.1) is 5.75 Å². The van der Waals surface area contributed by atoms with E-state index in [0.717, 1.165) is 19.1 Å². The van der Waals surface area contributed by atoms with E-state index in [2.05, 4.69) is 0 Å². The van der Waals surface area contributed by atoms with Crippen molar-refractivity contribution in [3.63, 3.8) is 0 Å². The Kier molecular flexibility index (Phi) is 4.78. The van der Waals surface area contributed by atoms with E-state index in [1.54, 1.807) is 4.31 Å². The van der Waals surface area contributed by atoms with E-state index >= 15 is 0 Å². The summed E-state index contributed by atoms with van der Waals surface area (Å²) >= 11 is 0. The Labute approximate surface area is 110 Å². The van der Waals surface area contributed by atoms with Crippen molar-refractivity contribution in [1.29, 1.82) is 0 Å². The summed E-state index contributed by atoms with van der Waals surface area (Å²) in [6.45, 7) is 1.05. The van der Waals surface area contributed by atoms with Crippen LogP contribution in [0.2, 0.25) is 0 Å². The number of piperidine rings is 1. The van der Waals surface area contributed by atoms with Gasteiger partial charge in [-0.3, -0.25) is 0 Å². The van der Waals surface area contributed by atoms with Crippen molar-refractivity contribution in [2.24, 2.45) is 11.8 Å². The first-order valence-corrected chi connectivity index (χ1v) is 8.66. The average Bonchev–Trinajstić information content (AvgIpc) is 2.39. The zero-order valence-electron chi connectivity index (χ0n) is 10.9. The first kappa shape index (κ1) is 14.0. The van der Waals surface area contributed by atoms with Crippen molar-refractivity contribution >= 4 is 16.3 Å². The van der Waals surface area contributed by atoms with E-state index in [4.69, 9.17) is 0 Å². The highest BCUT2D eigenvalue weighted by atomic mass is 32.2. The monoisotopic (exact) mass is 273 g/mol. The number of nitrogens with zero attached hydrogens (tertiary/aromatic N) is 1. The van der Waals surface area contributed by atoms with Gasteiger partial charge in [-0.2, -0.15) is 0 Å². The number of rotatable bonds is 4. The fourth-order valence-electron chi connectivity index (χ4n) is 3.05. The molecule has 0 aromatic heterocycles. The highest BCUT2D eigenvalue weighted by molar-refractivity contribution is 7.89. The summed E-state index contributed by atoms with van der Waals surface area (Å²) in [5, 5.41) is 0. The summed E-state index contributed by atoms with van der Waals surface area (Å²) in [6, 6.07) is 0. The molecular formula is C13H23NO3S. The molecule has 5 heteroatoms. The number of sulfonamides is 1. The van der Waals surface area contributed by atoms with Gasteiger partial charge in [0.25, 0.3) is 0 Å². The van der Waals surface area contributed by atoms with Crippen molar-refractivity contribution < 1.29 is 13.2 Å². The lowest BCUT2D eigenvalue weighted by Gasteiger charge is -2.31. The number of hydrogen-bond acceptors (Lipinski definition) is 3. The Morgan fingerprint density at radius 2 is 1.61 bits per heavy atom. The summed E-state index contributed by atoms with van der Waals surface area (Å²) in [5.41, 5.74) is 0. The molecule has 0 bridgehead atoms. The molecule has 1 saturated heterocycles. The summed E-state index contributed by atoms with van der Waals surface area (Å²) in [7, 11) is -3.10. The van der Waals surface area contributed by atoms with Gasteiger partial charge in [0.1, 0.15) is 6.29 Å². The Hall–Kier alpha value is -0.420. The van der Waals surface area contributed by atoms with Crippen molar-refractivity contribution in [1.82, 2.24) is 4.31 Å². The third kappa shape index (κ3) is 3.54. The van der Waals surface area contributed by atoms with Crippen molar-refractivity contribution in [3.8, 4) is 0 Å². The Balaban J connectivity index is 1.88. The molecule has 2 rings (SSSR count). The molecule has 0 aromatic carbocycles. The molecule has 0 spiro atoms. The predicted octanol–water partition coefficient (Wildman–Crippen LogP) is 1.81. The fraction of sp³-hybridized carbons (Fsp3) is 0.923. The van der Waals surface area contributed by atoms with Crippen LogP contribution in [0, 0.1) is 11.8 Å². The van der Waals surface area contributed by atoms with Gasteiger partial charge in [0.15, 0.2) is 0 Å². The molecule has 0 unspecified atom stereocenters. The smallest absolute Gasteiger partial charge is 0.214 e. The lowest BCUT2D eigenvalue weighted by Crippen LogP contribution is -2.41. The van der Waals surface area contributed by atoms with Crippen LogP contribution < -0.4 is 0 Å². The van der Waals surface area contributed by atoms with Crippen LogP contribution in [0.4, 0.5) is 0 Å². The van der Waals surface area contributed by atoms with E-state index in [1.807, 2.05) is 0 Å². The number of carbonyl (C=O) groups is 1. The van der Waals surface area contributed by atoms with Crippen LogP contribution in [0.15, 0.2) is 0 Å². The van der Waals surface area contributed by atoms with Gasteiger partial charge >= 0.3 is 0 Å². The average molecular weight is 273 g/mol. The SMILES string of the molecule is O=CC1CCN(S(=O)(=O)CC2CCCCC2)CC1. The van der Waals surface area contributed by atoms with Crippen LogP contribution in [-0.2, 0) is 14.8 Å². The van der Waals surface area contributed by atoms with Gasteiger partial charge in [-0.05, 0) is 31.6 Å². The molecule has 2 aliphatic rings. The van der Waals surface area contributed by atoms with Gasteiger partial charge in [0.2, 0.25) is 10.0 Å². The molecule has 4 nitrogen and oxygen atoms in total. The van der Waals surface area contributed by atoms with E-state index in [0.29, 0.717) is 37.6 Å². The highest BCUT2D eigenvalue weighted by Gasteiger charge is 2.30. The molecule has 1 saturated carbocycles. The largest absolute Gasteiger partial charge is 0.303 e. The zero-order valence-corrected chi connectivity index (χ0v) is 11.7. The van der Waals surface area contributed by atoms with E-state index in [1.165, 1.54) is 19.3 Å². The van der Waals surface area contributed by atoms with Crippen LogP contribution >= 0.6 is 0 Å². The Morgan fingerprint density at radius 3 is 2.17 bits per heavy atom. The normalized spacial score (nSPS) is 25.1. The van der Waals surface area contributed by atoms with Gasteiger partial charge in [-0.1, -0.05) is 19.3 Å². The lowest BCUT2D eigenvalue weighted by molar-refractivity contribution is -0.112. The molecule has 1 aliphatic carbocycles. The quantitative estimate of drug-likeness (QED) is 0.734. The second-order valence-electron chi connectivity index (χ2n) is 5.66. The first-order valence-electron chi connectivity index (χ1n) is 7.05. The molecule has 1 heterocycles. The summed E-state index contributed by atoms with van der Waals surface area (Å²) in [4.78, 5) is 10.7. The van der Waals surface area contributed by atoms with E-state index < -0.39 is 10.0 Å². The van der Waals surface area contributed by atoms with Gasteiger partial charge < -0.3 is 4.79 Å². The van der Waals surface area contributed by atoms with Crippen molar-refractivity contribution in [3.05, 3.63) is 0 Å². The topological polar surface area (TPSA) is 54.5 Å². The second-order valence-corrected chi connectivity index (χ2v) is 7.67. The summed E-state index contributed by atoms with van der Waals surface area (Å²) in [6.07, 6.45) is 8.06. The van der Waals surface area contributed by atoms with Crippen LogP contribution in [-0.4, -0.2) is 37.9 Å². The van der Waals surface area contributed by atoms with Crippen LogP contribution in [0.5, 0.6) is 0 Å². The van der Waals surface area contributed by atoms with Crippen LogP contribution in [0.1, 0.15) is 44.9 Å². The second kappa shape index (κ2) is 6.15. The molecule has 0 atom stereocenters.